The molecule has 1 aliphatic heterocycles. The molecule has 3 atom stereocenters. The Morgan fingerprint density at radius 1 is 0.674 bits per heavy atom. The fourth-order valence-corrected chi connectivity index (χ4v) is 5.57. The van der Waals surface area contributed by atoms with Crippen molar-refractivity contribution in [1.29, 1.82) is 0 Å². The van der Waals surface area contributed by atoms with Gasteiger partial charge in [0.25, 0.3) is 0 Å². The maximum Gasteiger partial charge on any atom is 0.327 e. The maximum absolute atomic E-state index is 14.5. The van der Waals surface area contributed by atoms with Crippen LogP contribution in [0.25, 0.3) is 0 Å². The van der Waals surface area contributed by atoms with E-state index in [2.05, 4.69) is 0 Å². The third-order valence-corrected chi connectivity index (χ3v) is 7.50. The van der Waals surface area contributed by atoms with Crippen LogP contribution in [0.3, 0.4) is 0 Å². The molecule has 0 aliphatic carbocycles. The lowest BCUT2D eigenvalue weighted by Gasteiger charge is -2.34. The summed E-state index contributed by atoms with van der Waals surface area (Å²) in [6, 6.07) is 18.4. The topological polar surface area (TPSA) is 116 Å². The first-order valence-electron chi connectivity index (χ1n) is 13.8. The van der Waals surface area contributed by atoms with Gasteiger partial charge in [0.05, 0.1) is 53.7 Å². The second-order valence-corrected chi connectivity index (χ2v) is 9.68. The number of methoxy groups -OCH3 is 4. The molecule has 0 spiro atoms. The molecule has 0 saturated carbocycles. The molecular weight excluding hydrogens is 556 g/mol. The fraction of sp³-hybridized carbons (Fsp3) is 0.364. The van der Waals surface area contributed by atoms with Crippen molar-refractivity contribution in [3.05, 3.63) is 83.4 Å². The van der Waals surface area contributed by atoms with E-state index in [9.17, 15) is 14.4 Å². The summed E-state index contributed by atoms with van der Waals surface area (Å²) in [6.07, 6.45) is -2.43. The summed E-state index contributed by atoms with van der Waals surface area (Å²) in [4.78, 5) is 43.0. The van der Waals surface area contributed by atoms with Gasteiger partial charge in [0.15, 0.2) is 28.8 Å². The van der Waals surface area contributed by atoms with Gasteiger partial charge in [-0.05, 0) is 49.2 Å². The van der Waals surface area contributed by atoms with Crippen LogP contribution < -0.4 is 18.9 Å². The molecule has 0 N–H and O–H groups in total. The molecule has 4 rings (SSSR count). The smallest absolute Gasteiger partial charge is 0.327 e. The largest absolute Gasteiger partial charge is 0.493 e. The average molecular weight is 593 g/mol. The molecule has 10 nitrogen and oxygen atoms in total. The first-order valence-corrected chi connectivity index (χ1v) is 13.8. The fourth-order valence-electron chi connectivity index (χ4n) is 5.57. The minimum Gasteiger partial charge on any atom is -0.493 e. The highest BCUT2D eigenvalue weighted by Crippen LogP contribution is 2.60. The Labute approximate surface area is 250 Å². The van der Waals surface area contributed by atoms with Gasteiger partial charge < -0.3 is 33.2 Å². The Bertz CT molecular complexity index is 1430. The summed E-state index contributed by atoms with van der Waals surface area (Å²) >= 11 is 0. The third-order valence-electron chi connectivity index (χ3n) is 7.50. The molecular formula is C33H36O10. The number of hydrogen-bond donors (Lipinski definition) is 0. The number of carbonyl (C=O) groups excluding carboxylic acids is 3. The Morgan fingerprint density at radius 3 is 1.65 bits per heavy atom. The van der Waals surface area contributed by atoms with Gasteiger partial charge in [0.2, 0.25) is 5.41 Å². The number of esters is 2. The Balaban J connectivity index is 2.07. The summed E-state index contributed by atoms with van der Waals surface area (Å²) in [5.74, 6) is -2.18. The van der Waals surface area contributed by atoms with Crippen molar-refractivity contribution in [3.8, 4) is 23.0 Å². The number of ketones is 1. The molecule has 1 saturated heterocycles. The number of benzene rings is 3. The SMILES string of the molecule is CCOC(=O)C1(C(=O)OCC)[C@H](C(=O)c2ccccc2)[C@@H](c2ccc(OC)c(OC)c2)O[C@H]1c1ccc(OC)c(OC)c1. The molecule has 1 aliphatic rings. The molecule has 0 radical (unpaired) electrons. The number of ether oxygens (including phenoxy) is 7. The zero-order valence-corrected chi connectivity index (χ0v) is 25.1. The second kappa shape index (κ2) is 13.6. The molecule has 0 amide bonds. The maximum atomic E-state index is 14.5. The van der Waals surface area contributed by atoms with Crippen molar-refractivity contribution in [1.82, 2.24) is 0 Å². The zero-order valence-electron chi connectivity index (χ0n) is 25.1. The van der Waals surface area contributed by atoms with Crippen molar-refractivity contribution in [2.75, 3.05) is 41.7 Å². The lowest BCUT2D eigenvalue weighted by molar-refractivity contribution is -0.178. The van der Waals surface area contributed by atoms with Gasteiger partial charge in [-0.2, -0.15) is 0 Å². The van der Waals surface area contributed by atoms with Crippen molar-refractivity contribution >= 4 is 17.7 Å². The Morgan fingerprint density at radius 2 is 1.16 bits per heavy atom. The van der Waals surface area contributed by atoms with Gasteiger partial charge in [0.1, 0.15) is 6.10 Å². The van der Waals surface area contributed by atoms with Gasteiger partial charge in [-0.15, -0.1) is 0 Å². The molecule has 3 aromatic carbocycles. The van der Waals surface area contributed by atoms with E-state index < -0.39 is 41.3 Å². The minimum absolute atomic E-state index is 0.0497. The highest BCUT2D eigenvalue weighted by atomic mass is 16.6. The van der Waals surface area contributed by atoms with E-state index in [1.54, 1.807) is 80.6 Å². The molecule has 1 heterocycles. The number of rotatable bonds is 12. The Kier molecular flexibility index (Phi) is 9.92. The number of Topliss-reactive ketones (excluding diaryl/α,β-unsaturated/α-hetero) is 1. The quantitative estimate of drug-likeness (QED) is 0.159. The standard InChI is InChI=1S/C33H36O10/c1-7-41-31(35)33(32(36)42-8-2)27(28(34)20-12-10-9-11-13-20)29(21-14-16-23(37-3)25(18-21)39-5)43-30(33)22-15-17-24(38-4)26(19-22)40-6/h9-19,27,29-30H,7-8H2,1-6H3/t27-,29-,30+/m1/s1. The van der Waals surface area contributed by atoms with E-state index in [0.717, 1.165) is 0 Å². The van der Waals surface area contributed by atoms with Crippen LogP contribution in [0.4, 0.5) is 0 Å². The van der Waals surface area contributed by atoms with Crippen molar-refractivity contribution in [3.63, 3.8) is 0 Å². The van der Waals surface area contributed by atoms with E-state index in [1.807, 2.05) is 0 Å². The van der Waals surface area contributed by atoms with Crippen molar-refractivity contribution in [2.24, 2.45) is 11.3 Å². The summed E-state index contributed by atoms with van der Waals surface area (Å²) in [5, 5.41) is 0. The molecule has 43 heavy (non-hydrogen) atoms. The predicted octanol–water partition coefficient (Wildman–Crippen LogP) is 5.15. The summed E-state index contributed by atoms with van der Waals surface area (Å²) < 4.78 is 39.7. The average Bonchev–Trinajstić information content (AvgIpc) is 3.41. The predicted molar refractivity (Wildman–Crippen MR) is 156 cm³/mol. The van der Waals surface area contributed by atoms with Crippen molar-refractivity contribution in [2.45, 2.75) is 26.1 Å². The molecule has 0 aromatic heterocycles. The molecule has 0 bridgehead atoms. The molecule has 0 unspecified atom stereocenters. The first-order chi connectivity index (χ1) is 20.8. The van der Waals surface area contributed by atoms with Crippen LogP contribution in [0.1, 0.15) is 47.5 Å². The van der Waals surface area contributed by atoms with Gasteiger partial charge in [-0.3, -0.25) is 14.4 Å². The molecule has 1 fully saturated rings. The zero-order chi connectivity index (χ0) is 31.1. The van der Waals surface area contributed by atoms with Gasteiger partial charge in [-0.25, -0.2) is 0 Å². The van der Waals surface area contributed by atoms with Crippen LogP contribution in [-0.4, -0.2) is 59.4 Å². The van der Waals surface area contributed by atoms with Gasteiger partial charge in [-0.1, -0.05) is 42.5 Å². The van der Waals surface area contributed by atoms with Crippen LogP contribution in [0.5, 0.6) is 23.0 Å². The molecule has 3 aromatic rings. The number of carbonyl (C=O) groups is 3. The van der Waals surface area contributed by atoms with E-state index in [4.69, 9.17) is 33.2 Å². The third kappa shape index (κ3) is 5.62. The van der Waals surface area contributed by atoms with Crippen LogP contribution in [0, 0.1) is 11.3 Å². The normalized spacial score (nSPS) is 18.8. The summed E-state index contributed by atoms with van der Waals surface area (Å²) in [7, 11) is 5.95. The first kappa shape index (κ1) is 31.4. The minimum atomic E-state index is -2.24. The Hall–Kier alpha value is -4.57. The lowest BCUT2D eigenvalue weighted by Crippen LogP contribution is -2.51. The van der Waals surface area contributed by atoms with Crippen LogP contribution in [0.2, 0.25) is 0 Å². The van der Waals surface area contributed by atoms with Gasteiger partial charge in [0, 0.05) is 5.56 Å². The van der Waals surface area contributed by atoms with E-state index in [1.165, 1.54) is 28.4 Å². The monoisotopic (exact) mass is 592 g/mol. The van der Waals surface area contributed by atoms with Crippen LogP contribution >= 0.6 is 0 Å². The van der Waals surface area contributed by atoms with Crippen LogP contribution in [0.15, 0.2) is 66.7 Å². The van der Waals surface area contributed by atoms with Gasteiger partial charge >= 0.3 is 11.9 Å². The number of hydrogen-bond acceptors (Lipinski definition) is 10. The van der Waals surface area contributed by atoms with Crippen LogP contribution in [-0.2, 0) is 23.8 Å². The summed E-state index contributed by atoms with van der Waals surface area (Å²) in [5.41, 5.74) is -1.09. The van der Waals surface area contributed by atoms with Crippen molar-refractivity contribution < 1.29 is 47.5 Å². The highest BCUT2D eigenvalue weighted by Gasteiger charge is 2.70. The van der Waals surface area contributed by atoms with E-state index >= 15 is 0 Å². The molecule has 228 valence electrons. The summed E-state index contributed by atoms with van der Waals surface area (Å²) in [6.45, 7) is 3.15. The van der Waals surface area contributed by atoms with E-state index in [-0.39, 0.29) is 18.8 Å². The second-order valence-electron chi connectivity index (χ2n) is 9.68. The molecule has 10 heteroatoms. The van der Waals surface area contributed by atoms with E-state index in [0.29, 0.717) is 34.1 Å². The lowest BCUT2D eigenvalue weighted by atomic mass is 9.66. The highest BCUT2D eigenvalue weighted by molar-refractivity contribution is 6.10.